The van der Waals surface area contributed by atoms with Crippen LogP contribution < -0.4 is 0 Å². The second-order valence-electron chi connectivity index (χ2n) is 6.16. The molecular formula is C15H23NO2. The van der Waals surface area contributed by atoms with E-state index < -0.39 is 5.97 Å². The zero-order chi connectivity index (χ0) is 13.5. The van der Waals surface area contributed by atoms with Gasteiger partial charge in [-0.2, -0.15) is 0 Å². The van der Waals surface area contributed by atoms with Crippen LogP contribution in [-0.2, 0) is 10.2 Å². The van der Waals surface area contributed by atoms with Crippen molar-refractivity contribution >= 4 is 5.97 Å². The topological polar surface area (TPSA) is 42.2 Å². The van der Waals surface area contributed by atoms with Crippen molar-refractivity contribution in [1.29, 1.82) is 0 Å². The van der Waals surface area contributed by atoms with Crippen molar-refractivity contribution in [3.63, 3.8) is 0 Å². The standard InChI is InChI=1S/C15H23NO2/c1-10-9-13(11(2)16(10)12-5-6-12)15(3,4)8-7-14(17)18/h9,12H,5-8H2,1-4H3,(H,17,18). The van der Waals surface area contributed by atoms with E-state index >= 15 is 0 Å². The van der Waals surface area contributed by atoms with Crippen LogP contribution in [0.3, 0.4) is 0 Å². The molecule has 0 aliphatic heterocycles. The predicted octanol–water partition coefficient (Wildman–Crippen LogP) is 3.58. The highest BCUT2D eigenvalue weighted by Crippen LogP contribution is 2.41. The summed E-state index contributed by atoms with van der Waals surface area (Å²) in [4.78, 5) is 10.7. The normalized spacial score (nSPS) is 16.0. The molecule has 0 bridgehead atoms. The van der Waals surface area contributed by atoms with Gasteiger partial charge in [-0.3, -0.25) is 4.79 Å². The summed E-state index contributed by atoms with van der Waals surface area (Å²) in [7, 11) is 0. The number of hydrogen-bond donors (Lipinski definition) is 1. The highest BCUT2D eigenvalue weighted by molar-refractivity contribution is 5.66. The van der Waals surface area contributed by atoms with Crippen LogP contribution >= 0.6 is 0 Å². The van der Waals surface area contributed by atoms with Crippen molar-refractivity contribution in [2.75, 3.05) is 0 Å². The van der Waals surface area contributed by atoms with Gasteiger partial charge in [-0.05, 0) is 50.2 Å². The summed E-state index contributed by atoms with van der Waals surface area (Å²) < 4.78 is 2.43. The van der Waals surface area contributed by atoms with Gasteiger partial charge in [-0.25, -0.2) is 0 Å². The number of rotatable bonds is 5. The van der Waals surface area contributed by atoms with Crippen LogP contribution in [0.4, 0.5) is 0 Å². The summed E-state index contributed by atoms with van der Waals surface area (Å²) >= 11 is 0. The number of carboxylic acid groups (broad SMARTS) is 1. The van der Waals surface area contributed by atoms with Gasteiger partial charge in [0.15, 0.2) is 0 Å². The Balaban J connectivity index is 2.26. The first-order valence-corrected chi connectivity index (χ1v) is 6.73. The number of carbonyl (C=O) groups is 1. The number of aromatic nitrogens is 1. The lowest BCUT2D eigenvalue weighted by molar-refractivity contribution is -0.137. The largest absolute Gasteiger partial charge is 0.481 e. The van der Waals surface area contributed by atoms with Gasteiger partial charge in [0, 0.05) is 23.9 Å². The summed E-state index contributed by atoms with van der Waals surface area (Å²) in [6.07, 6.45) is 3.49. The Labute approximate surface area is 109 Å². The quantitative estimate of drug-likeness (QED) is 0.866. The minimum Gasteiger partial charge on any atom is -0.481 e. The first kappa shape index (κ1) is 13.2. The van der Waals surface area contributed by atoms with Gasteiger partial charge in [0.05, 0.1) is 0 Å². The molecule has 0 spiro atoms. The molecule has 1 aliphatic rings. The molecule has 18 heavy (non-hydrogen) atoms. The number of nitrogens with zero attached hydrogens (tertiary/aromatic N) is 1. The van der Waals surface area contributed by atoms with Crippen LogP contribution in [0.2, 0.25) is 0 Å². The Kier molecular flexibility index (Phi) is 3.26. The lowest BCUT2D eigenvalue weighted by Gasteiger charge is -2.24. The van der Waals surface area contributed by atoms with Gasteiger partial charge in [-0.15, -0.1) is 0 Å². The van der Waals surface area contributed by atoms with E-state index in [1.165, 1.54) is 29.8 Å². The Hall–Kier alpha value is -1.25. The lowest BCUT2D eigenvalue weighted by atomic mass is 9.80. The molecule has 1 saturated carbocycles. The van der Waals surface area contributed by atoms with E-state index in [0.29, 0.717) is 12.5 Å². The van der Waals surface area contributed by atoms with Crippen LogP contribution in [0.5, 0.6) is 0 Å². The first-order chi connectivity index (χ1) is 8.33. The summed E-state index contributed by atoms with van der Waals surface area (Å²) in [6, 6.07) is 2.93. The molecule has 2 rings (SSSR count). The average Bonchev–Trinajstić information content (AvgIpc) is 3.03. The lowest BCUT2D eigenvalue weighted by Crippen LogP contribution is -2.19. The third kappa shape index (κ3) is 2.45. The second-order valence-corrected chi connectivity index (χ2v) is 6.16. The number of hydrogen-bond acceptors (Lipinski definition) is 1. The van der Waals surface area contributed by atoms with Crippen molar-refractivity contribution in [3.05, 3.63) is 23.0 Å². The highest BCUT2D eigenvalue weighted by Gasteiger charge is 2.31. The van der Waals surface area contributed by atoms with Gasteiger partial charge in [-0.1, -0.05) is 13.8 Å². The van der Waals surface area contributed by atoms with E-state index in [1.807, 2.05) is 0 Å². The van der Waals surface area contributed by atoms with Crippen LogP contribution in [0.25, 0.3) is 0 Å². The molecule has 0 saturated heterocycles. The Morgan fingerprint density at radius 3 is 2.56 bits per heavy atom. The van der Waals surface area contributed by atoms with Crippen molar-refractivity contribution in [2.24, 2.45) is 0 Å². The third-order valence-corrected chi connectivity index (χ3v) is 4.09. The molecule has 1 N–H and O–H groups in total. The fourth-order valence-corrected chi connectivity index (χ4v) is 2.91. The van der Waals surface area contributed by atoms with E-state index in [0.717, 1.165) is 0 Å². The van der Waals surface area contributed by atoms with Crippen LogP contribution in [0.1, 0.15) is 62.5 Å². The van der Waals surface area contributed by atoms with Gasteiger partial charge < -0.3 is 9.67 Å². The molecule has 100 valence electrons. The minimum atomic E-state index is -0.709. The maximum atomic E-state index is 10.7. The molecule has 3 nitrogen and oxygen atoms in total. The first-order valence-electron chi connectivity index (χ1n) is 6.73. The summed E-state index contributed by atoms with van der Waals surface area (Å²) in [5.41, 5.74) is 3.89. The van der Waals surface area contributed by atoms with Gasteiger partial charge in [0.25, 0.3) is 0 Å². The van der Waals surface area contributed by atoms with E-state index in [2.05, 4.69) is 38.3 Å². The Bertz CT molecular complexity index is 467. The van der Waals surface area contributed by atoms with E-state index in [1.54, 1.807) is 0 Å². The summed E-state index contributed by atoms with van der Waals surface area (Å²) in [5.74, 6) is -0.709. The zero-order valence-corrected chi connectivity index (χ0v) is 11.8. The Morgan fingerprint density at radius 1 is 1.44 bits per heavy atom. The van der Waals surface area contributed by atoms with Crippen molar-refractivity contribution in [1.82, 2.24) is 4.57 Å². The van der Waals surface area contributed by atoms with Crippen molar-refractivity contribution in [3.8, 4) is 0 Å². The van der Waals surface area contributed by atoms with Gasteiger partial charge in [0.2, 0.25) is 0 Å². The van der Waals surface area contributed by atoms with Crippen molar-refractivity contribution in [2.45, 2.75) is 64.8 Å². The van der Waals surface area contributed by atoms with Crippen molar-refractivity contribution < 1.29 is 9.90 Å². The molecule has 1 aromatic rings. The van der Waals surface area contributed by atoms with Crippen LogP contribution in [0.15, 0.2) is 6.07 Å². The monoisotopic (exact) mass is 249 g/mol. The van der Waals surface area contributed by atoms with E-state index in [9.17, 15) is 4.79 Å². The minimum absolute atomic E-state index is 0.0621. The summed E-state index contributed by atoms with van der Waals surface area (Å²) in [5, 5.41) is 8.85. The maximum absolute atomic E-state index is 10.7. The molecule has 0 atom stereocenters. The second kappa shape index (κ2) is 4.45. The smallest absolute Gasteiger partial charge is 0.303 e. The molecule has 1 aliphatic carbocycles. The highest BCUT2D eigenvalue weighted by atomic mass is 16.4. The van der Waals surface area contributed by atoms with Crippen LogP contribution in [-0.4, -0.2) is 15.6 Å². The molecule has 1 fully saturated rings. The van der Waals surface area contributed by atoms with E-state index in [4.69, 9.17) is 5.11 Å². The SMILES string of the molecule is Cc1cc(C(C)(C)CCC(=O)O)c(C)n1C1CC1. The fraction of sp³-hybridized carbons (Fsp3) is 0.667. The third-order valence-electron chi connectivity index (χ3n) is 4.09. The fourth-order valence-electron chi connectivity index (χ4n) is 2.91. The molecule has 1 aromatic heterocycles. The molecule has 3 heteroatoms. The molecule has 1 heterocycles. The van der Waals surface area contributed by atoms with Crippen LogP contribution in [0, 0.1) is 13.8 Å². The average molecular weight is 249 g/mol. The van der Waals surface area contributed by atoms with Gasteiger partial charge >= 0.3 is 5.97 Å². The number of carboxylic acids is 1. The Morgan fingerprint density at radius 2 is 2.06 bits per heavy atom. The maximum Gasteiger partial charge on any atom is 0.303 e. The van der Waals surface area contributed by atoms with Gasteiger partial charge in [0.1, 0.15) is 0 Å². The molecule has 0 amide bonds. The van der Waals surface area contributed by atoms with E-state index in [-0.39, 0.29) is 11.8 Å². The molecule has 0 unspecified atom stereocenters. The number of aliphatic carboxylic acids is 1. The predicted molar refractivity (Wildman–Crippen MR) is 72.1 cm³/mol. The molecule has 0 aromatic carbocycles. The molecular weight excluding hydrogens is 226 g/mol. The number of aryl methyl sites for hydroxylation is 1. The molecule has 0 radical (unpaired) electrons. The zero-order valence-electron chi connectivity index (χ0n) is 11.8. The summed E-state index contributed by atoms with van der Waals surface area (Å²) in [6.45, 7) is 8.62.